The van der Waals surface area contributed by atoms with Crippen LogP contribution in [0.3, 0.4) is 0 Å². The molecule has 3 atom stereocenters. The van der Waals surface area contributed by atoms with E-state index in [1.54, 1.807) is 11.9 Å². The minimum absolute atomic E-state index is 0.0111. The van der Waals surface area contributed by atoms with Gasteiger partial charge in [-0.3, -0.25) is 4.79 Å². The number of likely N-dealkylation sites (N-methyl/N-ethyl adjacent to an activating group) is 1. The lowest BCUT2D eigenvalue weighted by Gasteiger charge is -2.31. The number of nitrogens with zero attached hydrogens (tertiary/aromatic N) is 1. The van der Waals surface area contributed by atoms with E-state index in [9.17, 15) is 4.79 Å². The summed E-state index contributed by atoms with van der Waals surface area (Å²) in [6.07, 6.45) is 0.730. The molecule has 0 bridgehead atoms. The SMILES string of the molecule is CC[C@H]1OC[C@]2(CN(C)C(=O)c3ccccc3)OC(C)(C)O[C@H]12. The van der Waals surface area contributed by atoms with E-state index in [2.05, 4.69) is 6.92 Å². The van der Waals surface area contributed by atoms with Crippen molar-refractivity contribution in [2.45, 2.75) is 50.8 Å². The van der Waals surface area contributed by atoms with E-state index in [0.29, 0.717) is 18.7 Å². The van der Waals surface area contributed by atoms with Crippen molar-refractivity contribution in [2.75, 3.05) is 20.2 Å². The van der Waals surface area contributed by atoms with Crippen molar-refractivity contribution < 1.29 is 19.0 Å². The van der Waals surface area contributed by atoms with Gasteiger partial charge in [-0.2, -0.15) is 0 Å². The van der Waals surface area contributed by atoms with E-state index in [0.717, 1.165) is 6.42 Å². The van der Waals surface area contributed by atoms with Crippen LogP contribution in [0.1, 0.15) is 37.6 Å². The zero-order valence-corrected chi connectivity index (χ0v) is 14.2. The second-order valence-electron chi connectivity index (χ2n) is 6.89. The van der Waals surface area contributed by atoms with Crippen molar-refractivity contribution in [3.8, 4) is 0 Å². The molecule has 1 aromatic carbocycles. The molecule has 2 saturated heterocycles. The van der Waals surface area contributed by atoms with Gasteiger partial charge in [0.2, 0.25) is 0 Å². The van der Waals surface area contributed by atoms with Gasteiger partial charge in [0, 0.05) is 12.6 Å². The maximum Gasteiger partial charge on any atom is 0.253 e. The lowest BCUT2D eigenvalue weighted by atomic mass is 9.94. The van der Waals surface area contributed by atoms with Crippen LogP contribution in [0.25, 0.3) is 0 Å². The Morgan fingerprint density at radius 2 is 2.00 bits per heavy atom. The van der Waals surface area contributed by atoms with Gasteiger partial charge in [-0.15, -0.1) is 0 Å². The molecule has 3 rings (SSSR count). The third-order valence-corrected chi connectivity index (χ3v) is 4.53. The Hall–Kier alpha value is -1.43. The third-order valence-electron chi connectivity index (χ3n) is 4.53. The second-order valence-corrected chi connectivity index (χ2v) is 6.89. The number of benzene rings is 1. The fourth-order valence-electron chi connectivity index (χ4n) is 3.62. The van der Waals surface area contributed by atoms with Crippen molar-refractivity contribution in [1.82, 2.24) is 4.90 Å². The summed E-state index contributed by atoms with van der Waals surface area (Å²) < 4.78 is 18.2. The van der Waals surface area contributed by atoms with Crippen molar-refractivity contribution in [3.05, 3.63) is 35.9 Å². The first kappa shape index (κ1) is 16.4. The van der Waals surface area contributed by atoms with E-state index in [-0.39, 0.29) is 18.1 Å². The number of amides is 1. The smallest absolute Gasteiger partial charge is 0.253 e. The molecule has 0 aromatic heterocycles. The number of carbonyl (C=O) groups is 1. The highest BCUT2D eigenvalue weighted by molar-refractivity contribution is 5.94. The number of hydrogen-bond acceptors (Lipinski definition) is 4. The summed E-state index contributed by atoms with van der Waals surface area (Å²) in [5.74, 6) is -0.676. The Balaban J connectivity index is 1.79. The average Bonchev–Trinajstić information content (AvgIpc) is 2.96. The molecule has 0 radical (unpaired) electrons. The van der Waals surface area contributed by atoms with Gasteiger partial charge in [0.05, 0.1) is 19.3 Å². The van der Waals surface area contributed by atoms with Crippen LogP contribution >= 0.6 is 0 Å². The summed E-state index contributed by atoms with van der Waals surface area (Å²) in [6, 6.07) is 9.28. The number of fused-ring (bicyclic) bond motifs is 1. The van der Waals surface area contributed by atoms with Crippen LogP contribution in [0.15, 0.2) is 30.3 Å². The van der Waals surface area contributed by atoms with Gasteiger partial charge < -0.3 is 19.1 Å². The van der Waals surface area contributed by atoms with Gasteiger partial charge in [-0.1, -0.05) is 25.1 Å². The Morgan fingerprint density at radius 1 is 1.30 bits per heavy atom. The van der Waals surface area contributed by atoms with Crippen LogP contribution < -0.4 is 0 Å². The molecule has 1 amide bonds. The maximum atomic E-state index is 12.6. The largest absolute Gasteiger partial charge is 0.372 e. The molecule has 0 N–H and O–H groups in total. The Kier molecular flexibility index (Phi) is 4.21. The molecule has 2 aliphatic rings. The second kappa shape index (κ2) is 5.89. The quantitative estimate of drug-likeness (QED) is 0.855. The zero-order chi connectivity index (χ0) is 16.7. The van der Waals surface area contributed by atoms with E-state index in [1.807, 2.05) is 44.2 Å². The van der Waals surface area contributed by atoms with E-state index >= 15 is 0 Å². The lowest BCUT2D eigenvalue weighted by Crippen LogP contribution is -2.51. The van der Waals surface area contributed by atoms with E-state index in [4.69, 9.17) is 14.2 Å². The summed E-state index contributed by atoms with van der Waals surface area (Å²) in [7, 11) is 1.80. The molecule has 0 aliphatic carbocycles. The minimum Gasteiger partial charge on any atom is -0.372 e. The van der Waals surface area contributed by atoms with Crippen molar-refractivity contribution in [3.63, 3.8) is 0 Å². The monoisotopic (exact) mass is 319 g/mol. The Morgan fingerprint density at radius 3 is 2.65 bits per heavy atom. The van der Waals surface area contributed by atoms with Crippen molar-refractivity contribution >= 4 is 5.91 Å². The van der Waals surface area contributed by atoms with Gasteiger partial charge in [0.25, 0.3) is 5.91 Å². The molecule has 126 valence electrons. The third kappa shape index (κ3) is 3.01. The molecule has 2 fully saturated rings. The summed E-state index contributed by atoms with van der Waals surface area (Å²) in [5.41, 5.74) is 0.0793. The predicted octanol–water partition coefficient (Wildman–Crippen LogP) is 2.46. The molecule has 0 spiro atoms. The number of ether oxygens (including phenoxy) is 3. The summed E-state index contributed by atoms with van der Waals surface area (Å²) in [5, 5.41) is 0. The highest BCUT2D eigenvalue weighted by Crippen LogP contribution is 2.44. The summed E-state index contributed by atoms with van der Waals surface area (Å²) in [4.78, 5) is 14.3. The lowest BCUT2D eigenvalue weighted by molar-refractivity contribution is -0.191. The molecule has 2 heterocycles. The molecule has 2 aliphatic heterocycles. The van der Waals surface area contributed by atoms with Gasteiger partial charge in [-0.25, -0.2) is 0 Å². The minimum atomic E-state index is -0.654. The maximum absolute atomic E-state index is 12.6. The first-order valence-corrected chi connectivity index (χ1v) is 8.17. The molecule has 0 unspecified atom stereocenters. The number of hydrogen-bond donors (Lipinski definition) is 0. The molecule has 5 nitrogen and oxygen atoms in total. The Bertz CT molecular complexity index is 574. The van der Waals surface area contributed by atoms with Crippen molar-refractivity contribution in [1.29, 1.82) is 0 Å². The van der Waals surface area contributed by atoms with Crippen LogP contribution in [-0.4, -0.2) is 54.6 Å². The van der Waals surface area contributed by atoms with Crippen molar-refractivity contribution in [2.24, 2.45) is 0 Å². The topological polar surface area (TPSA) is 48.0 Å². The van der Waals surface area contributed by atoms with Gasteiger partial charge >= 0.3 is 0 Å². The van der Waals surface area contributed by atoms with Gasteiger partial charge in [0.1, 0.15) is 11.7 Å². The number of rotatable bonds is 4. The van der Waals surface area contributed by atoms with E-state index < -0.39 is 11.4 Å². The highest BCUT2D eigenvalue weighted by Gasteiger charge is 2.61. The van der Waals surface area contributed by atoms with Crippen LogP contribution in [0.5, 0.6) is 0 Å². The number of carbonyl (C=O) groups excluding carboxylic acids is 1. The Labute approximate surface area is 137 Å². The normalized spacial score (nSPS) is 31.8. The molecule has 1 aromatic rings. The summed E-state index contributed by atoms with van der Waals surface area (Å²) in [6.45, 7) is 6.81. The summed E-state index contributed by atoms with van der Waals surface area (Å²) >= 11 is 0. The molecule has 0 saturated carbocycles. The van der Waals surface area contributed by atoms with Gasteiger partial charge in [0.15, 0.2) is 5.79 Å². The van der Waals surface area contributed by atoms with Crippen LogP contribution in [0.4, 0.5) is 0 Å². The average molecular weight is 319 g/mol. The van der Waals surface area contributed by atoms with Crippen LogP contribution in [-0.2, 0) is 14.2 Å². The van der Waals surface area contributed by atoms with E-state index in [1.165, 1.54) is 0 Å². The molecule has 5 heteroatoms. The fraction of sp³-hybridized carbons (Fsp3) is 0.611. The van der Waals surface area contributed by atoms with Crippen LogP contribution in [0, 0.1) is 0 Å². The first-order valence-electron chi connectivity index (χ1n) is 8.17. The highest BCUT2D eigenvalue weighted by atomic mass is 16.8. The van der Waals surface area contributed by atoms with Gasteiger partial charge in [-0.05, 0) is 32.4 Å². The molecular formula is C18H25NO4. The van der Waals surface area contributed by atoms with Crippen LogP contribution in [0.2, 0.25) is 0 Å². The zero-order valence-electron chi connectivity index (χ0n) is 14.2. The first-order chi connectivity index (χ1) is 10.9. The predicted molar refractivity (Wildman–Crippen MR) is 86.2 cm³/mol. The standard InChI is InChI=1S/C18H25NO4/c1-5-14-15-18(12-21-14,23-17(2,3)22-15)11-19(4)16(20)13-9-7-6-8-10-13/h6-10,14-15H,5,11-12H2,1-4H3/t14-,15-,18+/m1/s1. The molecule has 23 heavy (non-hydrogen) atoms. The molecular weight excluding hydrogens is 294 g/mol. The fourth-order valence-corrected chi connectivity index (χ4v) is 3.62.